The lowest BCUT2D eigenvalue weighted by Gasteiger charge is -2.28. The third-order valence-electron chi connectivity index (χ3n) is 2.83. The molecule has 4 heteroatoms. The van der Waals surface area contributed by atoms with Crippen LogP contribution < -0.4 is 5.32 Å². The van der Waals surface area contributed by atoms with Crippen LogP contribution in [-0.2, 0) is 9.53 Å². The van der Waals surface area contributed by atoms with Gasteiger partial charge in [-0.3, -0.25) is 4.79 Å². The van der Waals surface area contributed by atoms with Crippen molar-refractivity contribution in [1.82, 2.24) is 10.2 Å². The fourth-order valence-electron chi connectivity index (χ4n) is 2.04. The summed E-state index contributed by atoms with van der Waals surface area (Å²) in [6, 6.07) is 0.373. The molecule has 1 saturated heterocycles. The first-order valence-electron chi connectivity index (χ1n) is 6.37. The van der Waals surface area contributed by atoms with Gasteiger partial charge < -0.3 is 15.0 Å². The summed E-state index contributed by atoms with van der Waals surface area (Å²) in [6.45, 7) is 7.87. The summed E-state index contributed by atoms with van der Waals surface area (Å²) in [5, 5.41) is 3.30. The maximum atomic E-state index is 12.0. The minimum atomic E-state index is 0.143. The largest absolute Gasteiger partial charge is 0.372 e. The Morgan fingerprint density at radius 2 is 2.25 bits per heavy atom. The van der Waals surface area contributed by atoms with Gasteiger partial charge in [-0.25, -0.2) is 0 Å². The Morgan fingerprint density at radius 3 is 2.81 bits per heavy atom. The number of amides is 1. The summed E-state index contributed by atoms with van der Waals surface area (Å²) < 4.78 is 5.32. The van der Waals surface area contributed by atoms with Gasteiger partial charge in [-0.15, -0.1) is 0 Å². The van der Waals surface area contributed by atoms with E-state index in [1.807, 2.05) is 4.90 Å². The molecule has 1 fully saturated rings. The van der Waals surface area contributed by atoms with Gasteiger partial charge in [0, 0.05) is 25.7 Å². The van der Waals surface area contributed by atoms with Crippen LogP contribution in [0, 0.1) is 0 Å². The van der Waals surface area contributed by atoms with E-state index >= 15 is 0 Å². The lowest BCUT2D eigenvalue weighted by Crippen LogP contribution is -2.43. The van der Waals surface area contributed by atoms with Gasteiger partial charge >= 0.3 is 0 Å². The molecule has 1 N–H and O–H groups in total. The molecule has 1 unspecified atom stereocenters. The molecular weight excluding hydrogens is 204 g/mol. The van der Waals surface area contributed by atoms with Crippen LogP contribution in [-0.4, -0.2) is 49.7 Å². The lowest BCUT2D eigenvalue weighted by molar-refractivity contribution is -0.138. The molecule has 0 radical (unpaired) electrons. The number of carbonyl (C=O) groups excluding carboxylic acids is 1. The summed E-state index contributed by atoms with van der Waals surface area (Å²) in [5.41, 5.74) is 0. The summed E-state index contributed by atoms with van der Waals surface area (Å²) in [6.07, 6.45) is 3.04. The van der Waals surface area contributed by atoms with E-state index < -0.39 is 0 Å². The van der Waals surface area contributed by atoms with Crippen LogP contribution in [0.4, 0.5) is 0 Å². The first kappa shape index (κ1) is 13.5. The van der Waals surface area contributed by atoms with Crippen molar-refractivity contribution in [2.75, 3.05) is 32.8 Å². The minimum Gasteiger partial charge on any atom is -0.372 e. The molecule has 0 bridgehead atoms. The lowest BCUT2D eigenvalue weighted by atomic mass is 10.2. The molecule has 1 rings (SSSR count). The number of nitrogens with zero attached hydrogens (tertiary/aromatic N) is 1. The number of ether oxygens (including phenoxy) is 1. The average Bonchev–Trinajstić information content (AvgIpc) is 2.79. The summed E-state index contributed by atoms with van der Waals surface area (Å²) in [4.78, 5) is 13.9. The quantitative estimate of drug-likeness (QED) is 0.661. The van der Waals surface area contributed by atoms with Gasteiger partial charge in [0.25, 0.3) is 0 Å². The van der Waals surface area contributed by atoms with E-state index in [1.54, 1.807) is 0 Å². The van der Waals surface area contributed by atoms with Gasteiger partial charge in [-0.05, 0) is 25.8 Å². The second-order valence-corrected chi connectivity index (χ2v) is 4.29. The molecule has 0 aliphatic carbocycles. The average molecular weight is 228 g/mol. The van der Waals surface area contributed by atoms with E-state index in [9.17, 15) is 4.79 Å². The van der Waals surface area contributed by atoms with E-state index in [0.29, 0.717) is 12.6 Å². The summed E-state index contributed by atoms with van der Waals surface area (Å²) in [7, 11) is 0. The van der Waals surface area contributed by atoms with E-state index in [0.717, 1.165) is 38.9 Å². The number of hydrogen-bond acceptors (Lipinski definition) is 3. The van der Waals surface area contributed by atoms with Crippen LogP contribution in [0.5, 0.6) is 0 Å². The number of rotatable bonds is 7. The first-order valence-corrected chi connectivity index (χ1v) is 6.37. The molecule has 1 atom stereocenters. The molecule has 1 heterocycles. The monoisotopic (exact) mass is 228 g/mol. The van der Waals surface area contributed by atoms with E-state index in [4.69, 9.17) is 4.74 Å². The molecule has 1 aliphatic heterocycles. The van der Waals surface area contributed by atoms with Crippen molar-refractivity contribution in [3.63, 3.8) is 0 Å². The Hall–Kier alpha value is -0.610. The topological polar surface area (TPSA) is 41.6 Å². The molecular formula is C12H24N2O2. The summed E-state index contributed by atoms with van der Waals surface area (Å²) in [5.74, 6) is 0.143. The fraction of sp³-hybridized carbons (Fsp3) is 0.917. The first-order chi connectivity index (χ1) is 7.79. The van der Waals surface area contributed by atoms with Crippen molar-refractivity contribution in [2.45, 2.75) is 39.2 Å². The Morgan fingerprint density at radius 1 is 1.44 bits per heavy atom. The highest BCUT2D eigenvalue weighted by Gasteiger charge is 2.25. The summed E-state index contributed by atoms with van der Waals surface area (Å²) >= 11 is 0. The number of hydrogen-bond donors (Lipinski definition) is 1. The fourth-order valence-corrected chi connectivity index (χ4v) is 2.04. The van der Waals surface area contributed by atoms with Gasteiger partial charge in [-0.1, -0.05) is 13.8 Å². The highest BCUT2D eigenvalue weighted by molar-refractivity contribution is 5.77. The van der Waals surface area contributed by atoms with Crippen molar-refractivity contribution < 1.29 is 9.53 Å². The van der Waals surface area contributed by atoms with Crippen molar-refractivity contribution >= 4 is 5.91 Å². The van der Waals surface area contributed by atoms with Crippen molar-refractivity contribution in [3.8, 4) is 0 Å². The van der Waals surface area contributed by atoms with E-state index in [1.165, 1.54) is 0 Å². The molecule has 0 aromatic carbocycles. The highest BCUT2D eigenvalue weighted by atomic mass is 16.5. The molecule has 0 saturated carbocycles. The van der Waals surface area contributed by atoms with Crippen LogP contribution in [0.1, 0.15) is 33.1 Å². The van der Waals surface area contributed by atoms with Gasteiger partial charge in [0.2, 0.25) is 5.91 Å². The normalized spacial score (nSPS) is 20.0. The Labute approximate surface area is 98.3 Å². The SMILES string of the molecule is CCCOCC(=O)N(CCC)C1CCNC1. The Balaban J connectivity index is 2.38. The number of nitrogens with one attached hydrogen (secondary N) is 1. The smallest absolute Gasteiger partial charge is 0.248 e. The Bertz CT molecular complexity index is 203. The highest BCUT2D eigenvalue weighted by Crippen LogP contribution is 2.09. The predicted molar refractivity (Wildman–Crippen MR) is 64.4 cm³/mol. The Kier molecular flexibility index (Phi) is 6.42. The zero-order chi connectivity index (χ0) is 11.8. The third kappa shape index (κ3) is 4.10. The molecule has 1 amide bonds. The van der Waals surface area contributed by atoms with E-state index in [-0.39, 0.29) is 12.5 Å². The van der Waals surface area contributed by atoms with Gasteiger partial charge in [0.1, 0.15) is 6.61 Å². The third-order valence-corrected chi connectivity index (χ3v) is 2.83. The standard InChI is InChI=1S/C12H24N2O2/c1-3-7-14(11-5-6-13-9-11)12(15)10-16-8-4-2/h11,13H,3-10H2,1-2H3. The van der Waals surface area contributed by atoms with Crippen LogP contribution in [0.2, 0.25) is 0 Å². The minimum absolute atomic E-state index is 0.143. The second-order valence-electron chi connectivity index (χ2n) is 4.29. The number of carbonyl (C=O) groups is 1. The maximum absolute atomic E-state index is 12.0. The van der Waals surface area contributed by atoms with Crippen LogP contribution >= 0.6 is 0 Å². The zero-order valence-corrected chi connectivity index (χ0v) is 10.5. The second kappa shape index (κ2) is 7.63. The maximum Gasteiger partial charge on any atom is 0.248 e. The van der Waals surface area contributed by atoms with Crippen molar-refractivity contribution in [1.29, 1.82) is 0 Å². The van der Waals surface area contributed by atoms with Gasteiger partial charge in [0.15, 0.2) is 0 Å². The van der Waals surface area contributed by atoms with Crippen molar-refractivity contribution in [3.05, 3.63) is 0 Å². The van der Waals surface area contributed by atoms with Crippen LogP contribution in [0.15, 0.2) is 0 Å². The molecule has 0 aromatic heterocycles. The molecule has 0 aromatic rings. The zero-order valence-electron chi connectivity index (χ0n) is 10.5. The molecule has 1 aliphatic rings. The van der Waals surface area contributed by atoms with Gasteiger partial charge in [-0.2, -0.15) is 0 Å². The van der Waals surface area contributed by atoms with Crippen LogP contribution in [0.3, 0.4) is 0 Å². The molecule has 0 spiro atoms. The predicted octanol–water partition coefficient (Wildman–Crippen LogP) is 1.01. The molecule has 16 heavy (non-hydrogen) atoms. The molecule has 94 valence electrons. The van der Waals surface area contributed by atoms with Gasteiger partial charge in [0.05, 0.1) is 0 Å². The molecule has 4 nitrogen and oxygen atoms in total. The van der Waals surface area contributed by atoms with Crippen LogP contribution in [0.25, 0.3) is 0 Å². The van der Waals surface area contributed by atoms with Crippen molar-refractivity contribution in [2.24, 2.45) is 0 Å². The van der Waals surface area contributed by atoms with E-state index in [2.05, 4.69) is 19.2 Å².